The van der Waals surface area contributed by atoms with Gasteiger partial charge in [-0.1, -0.05) is 23.7 Å². The van der Waals surface area contributed by atoms with E-state index in [1.54, 1.807) is 11.3 Å². The first-order valence-electron chi connectivity index (χ1n) is 6.97. The first kappa shape index (κ1) is 13.0. The van der Waals surface area contributed by atoms with E-state index in [2.05, 4.69) is 16.4 Å². The van der Waals surface area contributed by atoms with Gasteiger partial charge in [-0.15, -0.1) is 11.3 Å². The van der Waals surface area contributed by atoms with E-state index in [1.165, 1.54) is 24.0 Å². The molecule has 0 bridgehead atoms. The van der Waals surface area contributed by atoms with Crippen molar-refractivity contribution in [2.24, 2.45) is 0 Å². The van der Waals surface area contributed by atoms with Gasteiger partial charge in [0.1, 0.15) is 5.01 Å². The Bertz CT molecular complexity index is 793. The molecule has 2 nitrogen and oxygen atoms in total. The third-order valence-electron chi connectivity index (χ3n) is 3.73. The molecule has 1 fully saturated rings. The lowest BCUT2D eigenvalue weighted by Gasteiger charge is -2.04. The van der Waals surface area contributed by atoms with E-state index < -0.39 is 0 Å². The SMILES string of the molecule is Clc1cccc(-c2csc(-c3cnccc3C3CC3)n2)c1. The molecule has 1 saturated carbocycles. The van der Waals surface area contributed by atoms with Gasteiger partial charge >= 0.3 is 0 Å². The molecule has 0 spiro atoms. The molecule has 1 aliphatic carbocycles. The monoisotopic (exact) mass is 312 g/mol. The van der Waals surface area contributed by atoms with Crippen molar-refractivity contribution in [2.75, 3.05) is 0 Å². The highest BCUT2D eigenvalue weighted by Crippen LogP contribution is 2.44. The van der Waals surface area contributed by atoms with Crippen molar-refractivity contribution in [1.29, 1.82) is 0 Å². The lowest BCUT2D eigenvalue weighted by atomic mass is 10.1. The zero-order valence-electron chi connectivity index (χ0n) is 11.3. The van der Waals surface area contributed by atoms with Crippen LogP contribution in [0.1, 0.15) is 24.3 Å². The van der Waals surface area contributed by atoms with Crippen molar-refractivity contribution in [3.8, 4) is 21.8 Å². The summed E-state index contributed by atoms with van der Waals surface area (Å²) in [6, 6.07) is 9.95. The van der Waals surface area contributed by atoms with E-state index in [0.717, 1.165) is 21.3 Å². The molecule has 1 aromatic carbocycles. The fraction of sp³-hybridized carbons (Fsp3) is 0.176. The fourth-order valence-corrected chi connectivity index (χ4v) is 3.56. The minimum absolute atomic E-state index is 0.696. The number of thiazole rings is 1. The number of rotatable bonds is 3. The lowest BCUT2D eigenvalue weighted by molar-refractivity contribution is 1.11. The summed E-state index contributed by atoms with van der Waals surface area (Å²) in [5, 5.41) is 3.87. The molecule has 0 atom stereocenters. The Kier molecular flexibility index (Phi) is 3.24. The first-order valence-corrected chi connectivity index (χ1v) is 8.23. The molecule has 0 aliphatic heterocycles. The summed E-state index contributed by atoms with van der Waals surface area (Å²) in [5.74, 6) is 0.696. The highest BCUT2D eigenvalue weighted by molar-refractivity contribution is 7.13. The molecule has 0 amide bonds. The number of halogens is 1. The van der Waals surface area contributed by atoms with E-state index in [0.29, 0.717) is 5.92 Å². The summed E-state index contributed by atoms with van der Waals surface area (Å²) >= 11 is 7.73. The number of aromatic nitrogens is 2. The molecule has 1 aliphatic rings. The van der Waals surface area contributed by atoms with Gasteiger partial charge in [0.15, 0.2) is 0 Å². The van der Waals surface area contributed by atoms with Crippen LogP contribution in [-0.2, 0) is 0 Å². The molecule has 3 aromatic rings. The van der Waals surface area contributed by atoms with Crippen LogP contribution in [0.25, 0.3) is 21.8 Å². The van der Waals surface area contributed by atoms with Crippen molar-refractivity contribution in [3.05, 3.63) is 58.7 Å². The van der Waals surface area contributed by atoms with Gasteiger partial charge in [0, 0.05) is 33.9 Å². The van der Waals surface area contributed by atoms with Crippen molar-refractivity contribution < 1.29 is 0 Å². The van der Waals surface area contributed by atoms with Crippen LogP contribution in [0.15, 0.2) is 48.1 Å². The van der Waals surface area contributed by atoms with Gasteiger partial charge in [-0.2, -0.15) is 0 Å². The minimum Gasteiger partial charge on any atom is -0.264 e. The third-order valence-corrected chi connectivity index (χ3v) is 4.84. The molecule has 2 aromatic heterocycles. The normalized spacial score (nSPS) is 14.3. The van der Waals surface area contributed by atoms with Gasteiger partial charge in [-0.05, 0) is 42.5 Å². The fourth-order valence-electron chi connectivity index (χ4n) is 2.51. The van der Waals surface area contributed by atoms with Crippen LogP contribution < -0.4 is 0 Å². The molecule has 4 heteroatoms. The van der Waals surface area contributed by atoms with E-state index >= 15 is 0 Å². The van der Waals surface area contributed by atoms with Gasteiger partial charge in [0.2, 0.25) is 0 Å². The number of benzene rings is 1. The number of hydrogen-bond acceptors (Lipinski definition) is 3. The Morgan fingerprint density at radius 3 is 2.90 bits per heavy atom. The predicted molar refractivity (Wildman–Crippen MR) is 87.8 cm³/mol. The quantitative estimate of drug-likeness (QED) is 0.647. The Labute approximate surface area is 132 Å². The second-order valence-corrected chi connectivity index (χ2v) is 6.58. The Morgan fingerprint density at radius 1 is 1.19 bits per heavy atom. The molecule has 104 valence electrons. The smallest absolute Gasteiger partial charge is 0.125 e. The molecule has 21 heavy (non-hydrogen) atoms. The average molecular weight is 313 g/mol. The molecular formula is C17H13ClN2S. The Balaban J connectivity index is 1.75. The maximum absolute atomic E-state index is 6.06. The topological polar surface area (TPSA) is 25.8 Å². The van der Waals surface area contributed by atoms with Crippen LogP contribution in [0.5, 0.6) is 0 Å². The molecule has 0 radical (unpaired) electrons. The van der Waals surface area contributed by atoms with Crippen LogP contribution in [0.2, 0.25) is 5.02 Å². The van der Waals surface area contributed by atoms with Gasteiger partial charge in [0.05, 0.1) is 5.69 Å². The van der Waals surface area contributed by atoms with Crippen molar-refractivity contribution in [3.63, 3.8) is 0 Å². The Morgan fingerprint density at radius 2 is 2.10 bits per heavy atom. The van der Waals surface area contributed by atoms with E-state index in [4.69, 9.17) is 16.6 Å². The highest BCUT2D eigenvalue weighted by Gasteiger charge is 2.27. The summed E-state index contributed by atoms with van der Waals surface area (Å²) in [4.78, 5) is 9.06. The minimum atomic E-state index is 0.696. The third kappa shape index (κ3) is 2.59. The summed E-state index contributed by atoms with van der Waals surface area (Å²) < 4.78 is 0. The number of hydrogen-bond donors (Lipinski definition) is 0. The summed E-state index contributed by atoms with van der Waals surface area (Å²) in [6.07, 6.45) is 6.38. The van der Waals surface area contributed by atoms with Gasteiger partial charge in [-0.3, -0.25) is 4.98 Å². The van der Waals surface area contributed by atoms with Crippen LogP contribution in [-0.4, -0.2) is 9.97 Å². The molecule has 0 unspecified atom stereocenters. The van der Waals surface area contributed by atoms with Gasteiger partial charge in [-0.25, -0.2) is 4.98 Å². The molecule has 0 N–H and O–H groups in total. The van der Waals surface area contributed by atoms with Crippen molar-refractivity contribution in [1.82, 2.24) is 9.97 Å². The second kappa shape index (κ2) is 5.24. The zero-order chi connectivity index (χ0) is 14.2. The van der Waals surface area contributed by atoms with Crippen LogP contribution in [0, 0.1) is 0 Å². The molecular weight excluding hydrogens is 300 g/mol. The highest BCUT2D eigenvalue weighted by atomic mass is 35.5. The first-order chi connectivity index (χ1) is 10.3. The van der Waals surface area contributed by atoms with E-state index in [-0.39, 0.29) is 0 Å². The van der Waals surface area contributed by atoms with E-state index in [1.807, 2.05) is 36.7 Å². The van der Waals surface area contributed by atoms with Gasteiger partial charge in [0.25, 0.3) is 0 Å². The maximum atomic E-state index is 6.06. The van der Waals surface area contributed by atoms with Crippen LogP contribution >= 0.6 is 22.9 Å². The van der Waals surface area contributed by atoms with Crippen LogP contribution in [0.4, 0.5) is 0 Å². The maximum Gasteiger partial charge on any atom is 0.125 e. The lowest BCUT2D eigenvalue weighted by Crippen LogP contribution is -1.88. The van der Waals surface area contributed by atoms with Gasteiger partial charge < -0.3 is 0 Å². The number of nitrogens with zero attached hydrogens (tertiary/aromatic N) is 2. The van der Waals surface area contributed by atoms with Crippen molar-refractivity contribution in [2.45, 2.75) is 18.8 Å². The largest absolute Gasteiger partial charge is 0.264 e. The summed E-state index contributed by atoms with van der Waals surface area (Å²) in [6.45, 7) is 0. The van der Waals surface area contributed by atoms with Crippen LogP contribution in [0.3, 0.4) is 0 Å². The second-order valence-electron chi connectivity index (χ2n) is 5.29. The molecule has 0 saturated heterocycles. The van der Waals surface area contributed by atoms with E-state index in [9.17, 15) is 0 Å². The predicted octanol–water partition coefficient (Wildman–Crippen LogP) is 5.40. The zero-order valence-corrected chi connectivity index (χ0v) is 12.9. The number of pyridine rings is 1. The molecule has 4 rings (SSSR count). The van der Waals surface area contributed by atoms with Crippen molar-refractivity contribution >= 4 is 22.9 Å². The average Bonchev–Trinajstić information content (AvgIpc) is 3.24. The molecule has 2 heterocycles. The summed E-state index contributed by atoms with van der Waals surface area (Å²) in [5.41, 5.74) is 4.60. The Hall–Kier alpha value is -1.71. The standard InChI is InChI=1S/C17H13ClN2S/c18-13-3-1-2-12(8-13)16-10-21-17(20-16)15-9-19-7-6-14(15)11-4-5-11/h1-3,6-11H,4-5H2. The summed E-state index contributed by atoms with van der Waals surface area (Å²) in [7, 11) is 0.